The molecule has 0 atom stereocenters. The summed E-state index contributed by atoms with van der Waals surface area (Å²) in [7, 11) is 1.42. The number of carbonyl (C=O) groups excluding carboxylic acids is 2. The molecule has 2 rings (SSSR count). The molecule has 0 bridgehead atoms. The van der Waals surface area contributed by atoms with Crippen LogP contribution < -0.4 is 14.2 Å². The fourth-order valence-electron chi connectivity index (χ4n) is 2.37. The number of hydrogen-bond acceptors (Lipinski definition) is 7. The zero-order valence-electron chi connectivity index (χ0n) is 16.4. The van der Waals surface area contributed by atoms with Crippen molar-refractivity contribution < 1.29 is 28.5 Å². The Morgan fingerprint density at radius 3 is 2.59 bits per heavy atom. The third-order valence-corrected chi connectivity index (χ3v) is 3.68. The molecule has 29 heavy (non-hydrogen) atoms. The van der Waals surface area contributed by atoms with Crippen molar-refractivity contribution in [2.45, 2.75) is 13.8 Å². The number of nitrogens with zero attached hydrogens (tertiary/aromatic N) is 1. The quantitative estimate of drug-likeness (QED) is 0.292. The predicted octanol–water partition coefficient (Wildman–Crippen LogP) is 3.46. The summed E-state index contributed by atoms with van der Waals surface area (Å²) in [6.45, 7) is 3.48. The third kappa shape index (κ3) is 6.40. The lowest BCUT2D eigenvalue weighted by Gasteiger charge is -2.11. The van der Waals surface area contributed by atoms with Crippen LogP contribution in [0.2, 0.25) is 0 Å². The molecule has 0 aliphatic carbocycles. The largest absolute Gasteiger partial charge is 0.493 e. The van der Waals surface area contributed by atoms with Gasteiger partial charge in [0.05, 0.1) is 13.7 Å². The molecule has 0 saturated heterocycles. The second-order valence-electron chi connectivity index (χ2n) is 5.88. The molecule has 0 radical (unpaired) electrons. The number of carbonyl (C=O) groups is 2. The Morgan fingerprint density at radius 2 is 1.93 bits per heavy atom. The molecule has 0 fully saturated rings. The number of methoxy groups -OCH3 is 1. The summed E-state index contributed by atoms with van der Waals surface area (Å²) < 4.78 is 20.8. The molecule has 0 N–H and O–H groups in total. The van der Waals surface area contributed by atoms with Crippen LogP contribution in [0.1, 0.15) is 18.1 Å². The van der Waals surface area contributed by atoms with E-state index < -0.39 is 11.9 Å². The summed E-state index contributed by atoms with van der Waals surface area (Å²) in [5.41, 5.74) is 1.38. The zero-order chi connectivity index (χ0) is 21.2. The first-order valence-electron chi connectivity index (χ1n) is 8.84. The molecule has 2 aromatic rings. The second-order valence-corrected chi connectivity index (χ2v) is 5.88. The van der Waals surface area contributed by atoms with Crippen LogP contribution >= 0.6 is 0 Å². The first kappa shape index (κ1) is 21.5. The number of hydrogen-bond donors (Lipinski definition) is 0. The van der Waals surface area contributed by atoms with Crippen molar-refractivity contribution in [3.63, 3.8) is 0 Å². The van der Waals surface area contributed by atoms with Gasteiger partial charge in [0.15, 0.2) is 18.1 Å². The zero-order valence-corrected chi connectivity index (χ0v) is 16.4. The molecule has 2 aromatic carbocycles. The van der Waals surface area contributed by atoms with Crippen molar-refractivity contribution in [3.8, 4) is 23.3 Å². The molecular weight excluding hydrogens is 374 g/mol. The molecule has 7 heteroatoms. The number of ether oxygens (including phenoxy) is 4. The van der Waals surface area contributed by atoms with Gasteiger partial charge >= 0.3 is 11.9 Å². The summed E-state index contributed by atoms with van der Waals surface area (Å²) in [4.78, 5) is 23.8. The van der Waals surface area contributed by atoms with Crippen molar-refractivity contribution in [2.24, 2.45) is 0 Å². The number of aryl methyl sites for hydroxylation is 1. The average Bonchev–Trinajstić information content (AvgIpc) is 2.71. The molecular formula is C22H21NO6. The summed E-state index contributed by atoms with van der Waals surface area (Å²) in [6.07, 6.45) is 1.37. The van der Waals surface area contributed by atoms with E-state index in [1.165, 1.54) is 19.3 Å². The van der Waals surface area contributed by atoms with E-state index in [2.05, 4.69) is 0 Å². The monoisotopic (exact) mass is 395 g/mol. The maximum atomic E-state index is 12.1. The van der Waals surface area contributed by atoms with Gasteiger partial charge in [0, 0.05) is 0 Å². The van der Waals surface area contributed by atoms with Crippen LogP contribution in [0, 0.1) is 18.3 Å². The molecule has 0 unspecified atom stereocenters. The first-order valence-corrected chi connectivity index (χ1v) is 8.84. The van der Waals surface area contributed by atoms with Crippen LogP contribution in [0.15, 0.2) is 48.0 Å². The van der Waals surface area contributed by atoms with E-state index in [-0.39, 0.29) is 30.3 Å². The van der Waals surface area contributed by atoms with Crippen molar-refractivity contribution in [1.82, 2.24) is 0 Å². The SMILES string of the molecule is CCOC(=O)/C(C#N)=C/c1ccc(OC(=O)COc2cccc(C)c2)c(OC)c1. The fraction of sp³-hybridized carbons (Fsp3) is 0.227. The Labute approximate surface area is 169 Å². The molecule has 7 nitrogen and oxygen atoms in total. The molecule has 0 aromatic heterocycles. The summed E-state index contributed by atoms with van der Waals surface area (Å²) >= 11 is 0. The van der Waals surface area contributed by atoms with Gasteiger partial charge in [-0.15, -0.1) is 0 Å². The third-order valence-electron chi connectivity index (χ3n) is 3.68. The van der Waals surface area contributed by atoms with Crippen molar-refractivity contribution in [2.75, 3.05) is 20.3 Å². The van der Waals surface area contributed by atoms with Crippen LogP contribution in [-0.2, 0) is 14.3 Å². The van der Waals surface area contributed by atoms with E-state index in [1.54, 1.807) is 31.2 Å². The van der Waals surface area contributed by atoms with E-state index in [0.29, 0.717) is 11.3 Å². The van der Waals surface area contributed by atoms with E-state index in [9.17, 15) is 9.59 Å². The maximum Gasteiger partial charge on any atom is 0.349 e. The maximum absolute atomic E-state index is 12.1. The van der Waals surface area contributed by atoms with Crippen molar-refractivity contribution >= 4 is 18.0 Å². The molecule has 0 aliphatic heterocycles. The topological polar surface area (TPSA) is 94.9 Å². The van der Waals surface area contributed by atoms with Crippen molar-refractivity contribution in [3.05, 3.63) is 59.2 Å². The lowest BCUT2D eigenvalue weighted by molar-refractivity contribution is -0.138. The minimum atomic E-state index is -0.710. The van der Waals surface area contributed by atoms with Crippen LogP contribution in [0.25, 0.3) is 6.08 Å². The fourth-order valence-corrected chi connectivity index (χ4v) is 2.37. The number of esters is 2. The van der Waals surface area contributed by atoms with Crippen molar-refractivity contribution in [1.29, 1.82) is 5.26 Å². The minimum absolute atomic E-state index is 0.148. The number of nitriles is 1. The van der Waals surface area contributed by atoms with Crippen LogP contribution in [0.4, 0.5) is 0 Å². The first-order chi connectivity index (χ1) is 14.0. The highest BCUT2D eigenvalue weighted by molar-refractivity contribution is 5.98. The van der Waals surface area contributed by atoms with E-state index in [0.717, 1.165) is 5.56 Å². The lowest BCUT2D eigenvalue weighted by Crippen LogP contribution is -2.18. The molecule has 0 amide bonds. The minimum Gasteiger partial charge on any atom is -0.493 e. The summed E-state index contributed by atoms with van der Waals surface area (Å²) in [5, 5.41) is 9.12. The molecule has 0 saturated carbocycles. The number of rotatable bonds is 8. The average molecular weight is 395 g/mol. The van der Waals surface area contributed by atoms with Gasteiger partial charge in [0.25, 0.3) is 0 Å². The molecule has 150 valence electrons. The summed E-state index contributed by atoms with van der Waals surface area (Å²) in [6, 6.07) is 13.7. The highest BCUT2D eigenvalue weighted by atomic mass is 16.6. The Morgan fingerprint density at radius 1 is 1.14 bits per heavy atom. The molecule has 0 spiro atoms. The number of benzene rings is 2. The van der Waals surface area contributed by atoms with Gasteiger partial charge in [-0.05, 0) is 55.3 Å². The lowest BCUT2D eigenvalue weighted by atomic mass is 10.1. The van der Waals surface area contributed by atoms with Gasteiger partial charge in [-0.3, -0.25) is 0 Å². The van der Waals surface area contributed by atoms with Crippen LogP contribution in [0.3, 0.4) is 0 Å². The van der Waals surface area contributed by atoms with Crippen LogP contribution in [0.5, 0.6) is 17.2 Å². The Balaban J connectivity index is 2.09. The van der Waals surface area contributed by atoms with Gasteiger partial charge in [-0.2, -0.15) is 5.26 Å². The Bertz CT molecular complexity index is 958. The van der Waals surface area contributed by atoms with Gasteiger partial charge in [-0.1, -0.05) is 18.2 Å². The van der Waals surface area contributed by atoms with E-state index >= 15 is 0 Å². The van der Waals surface area contributed by atoms with Gasteiger partial charge in [0.2, 0.25) is 0 Å². The predicted molar refractivity (Wildman–Crippen MR) is 106 cm³/mol. The van der Waals surface area contributed by atoms with E-state index in [1.807, 2.05) is 25.1 Å². The summed E-state index contributed by atoms with van der Waals surface area (Å²) in [5.74, 6) is -0.284. The molecule has 0 heterocycles. The van der Waals surface area contributed by atoms with Gasteiger partial charge in [-0.25, -0.2) is 9.59 Å². The Hall–Kier alpha value is -3.79. The smallest absolute Gasteiger partial charge is 0.349 e. The highest BCUT2D eigenvalue weighted by Gasteiger charge is 2.14. The van der Waals surface area contributed by atoms with E-state index in [4.69, 9.17) is 24.2 Å². The highest BCUT2D eigenvalue weighted by Crippen LogP contribution is 2.29. The van der Waals surface area contributed by atoms with Gasteiger partial charge < -0.3 is 18.9 Å². The van der Waals surface area contributed by atoms with Crippen LogP contribution in [-0.4, -0.2) is 32.3 Å². The second kappa shape index (κ2) is 10.5. The Kier molecular flexibility index (Phi) is 7.80. The van der Waals surface area contributed by atoms with Gasteiger partial charge in [0.1, 0.15) is 17.4 Å². The molecule has 0 aliphatic rings. The normalized spacial score (nSPS) is 10.6. The standard InChI is InChI=1S/C22H21NO6/c1-4-27-22(25)17(13-23)11-16-8-9-19(20(12-16)26-3)29-21(24)14-28-18-7-5-6-15(2)10-18/h5-12H,4,14H2,1-3H3/b17-11+.